The normalized spacial score (nSPS) is 12.2. The van der Waals surface area contributed by atoms with Gasteiger partial charge in [0.25, 0.3) is 0 Å². The van der Waals surface area contributed by atoms with Gasteiger partial charge in [-0.15, -0.1) is 0 Å². The number of rotatable bonds is 3. The molecule has 1 aromatic heterocycles. The molecule has 7 heteroatoms. The van der Waals surface area contributed by atoms with Crippen molar-refractivity contribution in [3.05, 3.63) is 34.4 Å². The van der Waals surface area contributed by atoms with E-state index in [9.17, 15) is 14.7 Å². The van der Waals surface area contributed by atoms with Crippen molar-refractivity contribution in [1.29, 1.82) is 0 Å². The molecule has 3 N–H and O–H groups in total. The van der Waals surface area contributed by atoms with E-state index in [2.05, 4.69) is 31.0 Å². The van der Waals surface area contributed by atoms with E-state index in [1.165, 1.54) is 0 Å². The summed E-state index contributed by atoms with van der Waals surface area (Å²) >= 11 is 3.36. The van der Waals surface area contributed by atoms with Crippen LogP contribution < -0.4 is 5.32 Å². The lowest BCUT2D eigenvalue weighted by molar-refractivity contribution is -0.152. The van der Waals surface area contributed by atoms with E-state index in [0.29, 0.717) is 5.56 Å². The zero-order chi connectivity index (χ0) is 14.7. The monoisotopic (exact) mass is 340 g/mol. The molecule has 0 saturated heterocycles. The van der Waals surface area contributed by atoms with E-state index in [1.54, 1.807) is 6.20 Å². The Morgan fingerprint density at radius 2 is 2.25 bits per heavy atom. The lowest BCUT2D eigenvalue weighted by Crippen LogP contribution is -2.34. The number of H-pyrrole nitrogens is 1. The van der Waals surface area contributed by atoms with E-state index < -0.39 is 18.0 Å². The van der Waals surface area contributed by atoms with Crippen LogP contribution in [0.2, 0.25) is 0 Å². The summed E-state index contributed by atoms with van der Waals surface area (Å²) in [5.41, 5.74) is 1.52. The van der Waals surface area contributed by atoms with Crippen molar-refractivity contribution in [2.45, 2.75) is 6.10 Å². The number of aliphatic hydroxyl groups excluding tert-OH is 1. The van der Waals surface area contributed by atoms with E-state index >= 15 is 0 Å². The Bertz CT molecular complexity index is 653. The molecule has 0 fully saturated rings. The Morgan fingerprint density at radius 1 is 1.50 bits per heavy atom. The average Bonchev–Trinajstić information content (AvgIpc) is 2.86. The lowest BCUT2D eigenvalue weighted by Gasteiger charge is -2.10. The number of carbonyl (C=O) groups is 2. The molecule has 2 rings (SSSR count). The lowest BCUT2D eigenvalue weighted by atomic mass is 10.1. The van der Waals surface area contributed by atoms with Gasteiger partial charge in [0.05, 0.1) is 13.2 Å². The van der Waals surface area contributed by atoms with E-state index in [0.717, 1.165) is 22.5 Å². The van der Waals surface area contributed by atoms with Crippen molar-refractivity contribution in [2.75, 3.05) is 13.7 Å². The minimum Gasteiger partial charge on any atom is -0.462 e. The third-order valence-corrected chi connectivity index (χ3v) is 3.35. The minimum atomic E-state index is -0.986. The van der Waals surface area contributed by atoms with E-state index in [1.807, 2.05) is 18.2 Å². The van der Waals surface area contributed by atoms with Gasteiger partial charge in [0.1, 0.15) is 0 Å². The summed E-state index contributed by atoms with van der Waals surface area (Å²) in [5, 5.41) is 13.2. The number of hydrogen-bond donors (Lipinski definition) is 3. The van der Waals surface area contributed by atoms with Gasteiger partial charge in [-0.25, -0.2) is 4.79 Å². The number of ether oxygens (including phenoxy) is 1. The molecule has 1 aromatic carbocycles. The summed E-state index contributed by atoms with van der Waals surface area (Å²) in [6, 6.07) is 5.61. The fourth-order valence-corrected chi connectivity index (χ4v) is 2.22. The highest BCUT2D eigenvalue weighted by Crippen LogP contribution is 2.26. The van der Waals surface area contributed by atoms with Crippen molar-refractivity contribution in [1.82, 2.24) is 10.3 Å². The van der Waals surface area contributed by atoms with Crippen molar-refractivity contribution in [3.8, 4) is 0 Å². The predicted octanol–water partition coefficient (Wildman–Crippen LogP) is 1.25. The van der Waals surface area contributed by atoms with Crippen LogP contribution in [-0.4, -0.2) is 35.6 Å². The zero-order valence-corrected chi connectivity index (χ0v) is 12.2. The first-order valence-corrected chi connectivity index (χ1v) is 6.63. The number of carbonyl (C=O) groups excluding carboxylic acids is 2. The standard InChI is InChI=1S/C13H13BrN2O4/c1-20-13(19)12(18)16-6-11(17)9-5-15-10-4-7(14)2-3-8(9)10/h2-5,11,15,17H,6H2,1H3,(H,16,18). The molecule has 1 atom stereocenters. The number of methoxy groups -OCH3 is 1. The van der Waals surface area contributed by atoms with Gasteiger partial charge in [-0.05, 0) is 12.1 Å². The Balaban J connectivity index is 2.10. The van der Waals surface area contributed by atoms with Crippen LogP contribution in [0.4, 0.5) is 0 Å². The maximum atomic E-state index is 11.2. The van der Waals surface area contributed by atoms with Crippen LogP contribution in [-0.2, 0) is 14.3 Å². The first-order chi connectivity index (χ1) is 9.52. The van der Waals surface area contributed by atoms with Gasteiger partial charge in [-0.1, -0.05) is 22.0 Å². The maximum absolute atomic E-state index is 11.2. The highest BCUT2D eigenvalue weighted by molar-refractivity contribution is 9.10. The molecule has 0 aliphatic rings. The Kier molecular flexibility index (Phi) is 4.41. The first kappa shape index (κ1) is 14.5. The topological polar surface area (TPSA) is 91.4 Å². The molecule has 6 nitrogen and oxygen atoms in total. The van der Waals surface area contributed by atoms with Crippen LogP contribution in [0.25, 0.3) is 10.9 Å². The molecular formula is C13H13BrN2O4. The van der Waals surface area contributed by atoms with Gasteiger partial charge in [0.2, 0.25) is 0 Å². The smallest absolute Gasteiger partial charge is 0.396 e. The second kappa shape index (κ2) is 6.06. The number of aromatic nitrogens is 1. The van der Waals surface area contributed by atoms with Gasteiger partial charge in [-0.2, -0.15) is 0 Å². The number of aromatic amines is 1. The molecule has 0 aliphatic carbocycles. The fraction of sp³-hybridized carbons (Fsp3) is 0.231. The molecule has 0 saturated carbocycles. The van der Waals surface area contributed by atoms with E-state index in [4.69, 9.17) is 0 Å². The average molecular weight is 341 g/mol. The summed E-state index contributed by atoms with van der Waals surface area (Å²) in [5.74, 6) is -1.87. The first-order valence-electron chi connectivity index (χ1n) is 5.83. The van der Waals surface area contributed by atoms with Gasteiger partial charge in [0.15, 0.2) is 0 Å². The quantitative estimate of drug-likeness (QED) is 0.579. The van der Waals surface area contributed by atoms with Crippen molar-refractivity contribution < 1.29 is 19.4 Å². The van der Waals surface area contributed by atoms with Crippen molar-refractivity contribution in [2.24, 2.45) is 0 Å². The van der Waals surface area contributed by atoms with Gasteiger partial charge in [0, 0.05) is 33.7 Å². The van der Waals surface area contributed by atoms with Crippen LogP contribution >= 0.6 is 15.9 Å². The molecule has 1 unspecified atom stereocenters. The van der Waals surface area contributed by atoms with Gasteiger partial charge < -0.3 is 20.1 Å². The largest absolute Gasteiger partial charge is 0.462 e. The SMILES string of the molecule is COC(=O)C(=O)NCC(O)c1c[nH]c2cc(Br)ccc12. The molecule has 106 valence electrons. The van der Waals surface area contributed by atoms with Crippen molar-refractivity contribution >= 4 is 38.7 Å². The second-order valence-electron chi connectivity index (χ2n) is 4.15. The number of amides is 1. The van der Waals surface area contributed by atoms with Gasteiger partial charge in [-0.3, -0.25) is 4.79 Å². The molecule has 0 aliphatic heterocycles. The molecule has 2 aromatic rings. The summed E-state index contributed by atoms with van der Waals surface area (Å²) < 4.78 is 5.20. The Morgan fingerprint density at radius 3 is 2.95 bits per heavy atom. The van der Waals surface area contributed by atoms with Crippen LogP contribution in [0.15, 0.2) is 28.9 Å². The zero-order valence-electron chi connectivity index (χ0n) is 10.6. The van der Waals surface area contributed by atoms with Crippen LogP contribution in [0, 0.1) is 0 Å². The van der Waals surface area contributed by atoms with Crippen LogP contribution in [0.1, 0.15) is 11.7 Å². The third-order valence-electron chi connectivity index (χ3n) is 2.86. The Labute approximate surface area is 123 Å². The molecule has 1 heterocycles. The highest BCUT2D eigenvalue weighted by atomic mass is 79.9. The number of aliphatic hydroxyl groups is 1. The predicted molar refractivity (Wildman–Crippen MR) is 76.0 cm³/mol. The highest BCUT2D eigenvalue weighted by Gasteiger charge is 2.17. The Hall–Kier alpha value is -1.86. The molecule has 20 heavy (non-hydrogen) atoms. The summed E-state index contributed by atoms with van der Waals surface area (Å²) in [7, 11) is 1.12. The number of esters is 1. The number of nitrogens with one attached hydrogen (secondary N) is 2. The van der Waals surface area contributed by atoms with Crippen LogP contribution in [0.3, 0.4) is 0 Å². The fourth-order valence-electron chi connectivity index (χ4n) is 1.86. The van der Waals surface area contributed by atoms with Crippen molar-refractivity contribution in [3.63, 3.8) is 0 Å². The summed E-state index contributed by atoms with van der Waals surface area (Å²) in [6.45, 7) is -0.0725. The number of fused-ring (bicyclic) bond motifs is 1. The molecule has 1 amide bonds. The molecular weight excluding hydrogens is 328 g/mol. The third kappa shape index (κ3) is 3.00. The summed E-state index contributed by atoms with van der Waals surface area (Å²) in [4.78, 5) is 25.2. The molecule has 0 bridgehead atoms. The van der Waals surface area contributed by atoms with E-state index in [-0.39, 0.29) is 6.54 Å². The number of halogens is 1. The van der Waals surface area contributed by atoms with Gasteiger partial charge >= 0.3 is 11.9 Å². The summed E-state index contributed by atoms with van der Waals surface area (Å²) in [6.07, 6.45) is 0.755. The molecule has 0 radical (unpaired) electrons. The molecule has 0 spiro atoms. The number of hydrogen-bond acceptors (Lipinski definition) is 4. The minimum absolute atomic E-state index is 0.0725. The second-order valence-corrected chi connectivity index (χ2v) is 5.07. The maximum Gasteiger partial charge on any atom is 0.396 e. The van der Waals surface area contributed by atoms with Crippen LogP contribution in [0.5, 0.6) is 0 Å². The number of benzene rings is 1.